The second-order valence-electron chi connectivity index (χ2n) is 3.39. The first-order valence-electron chi connectivity index (χ1n) is 5.12. The number of carbonyl (C=O) groups is 1. The summed E-state index contributed by atoms with van der Waals surface area (Å²) in [6, 6.07) is 0. The molecule has 0 spiro atoms. The van der Waals surface area contributed by atoms with Gasteiger partial charge >= 0.3 is 6.16 Å². The van der Waals surface area contributed by atoms with Crippen LogP contribution in [0.5, 0.6) is 0 Å². The summed E-state index contributed by atoms with van der Waals surface area (Å²) in [5.41, 5.74) is -0.995. The zero-order valence-corrected chi connectivity index (χ0v) is 9.25. The van der Waals surface area contributed by atoms with Gasteiger partial charge in [0.1, 0.15) is 5.60 Å². The minimum atomic E-state index is -1.35. The maximum atomic E-state index is 10.0. The Hall–Kier alpha value is -1.21. The molecule has 0 fully saturated rings. The van der Waals surface area contributed by atoms with Gasteiger partial charge in [-0.1, -0.05) is 38.5 Å². The molecule has 0 heterocycles. The van der Waals surface area contributed by atoms with E-state index < -0.39 is 11.8 Å². The number of aliphatic hydroxyl groups is 1. The summed E-state index contributed by atoms with van der Waals surface area (Å²) in [6.45, 7) is 3.75. The maximum absolute atomic E-state index is 10.0. The van der Waals surface area contributed by atoms with Crippen molar-refractivity contribution in [1.29, 1.82) is 0 Å². The SMILES string of the molecule is CCCC(O)(C#CCOC(=O)O)CCC. The van der Waals surface area contributed by atoms with Crippen molar-refractivity contribution in [2.24, 2.45) is 0 Å². The van der Waals surface area contributed by atoms with E-state index in [1.807, 2.05) is 13.8 Å². The summed E-state index contributed by atoms with van der Waals surface area (Å²) in [6.07, 6.45) is 1.52. The predicted molar refractivity (Wildman–Crippen MR) is 56.5 cm³/mol. The van der Waals surface area contributed by atoms with Crippen LogP contribution >= 0.6 is 0 Å². The van der Waals surface area contributed by atoms with E-state index >= 15 is 0 Å². The van der Waals surface area contributed by atoms with E-state index in [1.165, 1.54) is 0 Å². The summed E-state index contributed by atoms with van der Waals surface area (Å²) >= 11 is 0. The Labute approximate surface area is 90.3 Å². The van der Waals surface area contributed by atoms with Gasteiger partial charge in [0.25, 0.3) is 0 Å². The molecule has 0 aliphatic carbocycles. The highest BCUT2D eigenvalue weighted by Gasteiger charge is 2.21. The van der Waals surface area contributed by atoms with Crippen LogP contribution in [0.15, 0.2) is 0 Å². The summed E-state index contributed by atoms with van der Waals surface area (Å²) < 4.78 is 4.23. The lowest BCUT2D eigenvalue weighted by atomic mass is 9.93. The van der Waals surface area contributed by atoms with E-state index in [0.29, 0.717) is 12.8 Å². The fourth-order valence-corrected chi connectivity index (χ4v) is 1.38. The Bertz CT molecular complexity index is 243. The topological polar surface area (TPSA) is 66.8 Å². The summed E-state index contributed by atoms with van der Waals surface area (Å²) in [5, 5.41) is 18.2. The molecular formula is C11H18O4. The van der Waals surface area contributed by atoms with Crippen molar-refractivity contribution >= 4 is 6.16 Å². The number of hydrogen-bond donors (Lipinski definition) is 2. The molecule has 0 aliphatic rings. The highest BCUT2D eigenvalue weighted by molar-refractivity contribution is 5.57. The van der Waals surface area contributed by atoms with Gasteiger partial charge in [-0.3, -0.25) is 0 Å². The van der Waals surface area contributed by atoms with Crippen LogP contribution in [0.4, 0.5) is 4.79 Å². The highest BCUT2D eigenvalue weighted by atomic mass is 16.7. The number of ether oxygens (including phenoxy) is 1. The second-order valence-corrected chi connectivity index (χ2v) is 3.39. The minimum Gasteiger partial charge on any atom is -0.450 e. The average Bonchev–Trinajstić information content (AvgIpc) is 2.13. The number of carboxylic acid groups (broad SMARTS) is 1. The third-order valence-corrected chi connectivity index (χ3v) is 1.92. The van der Waals surface area contributed by atoms with Gasteiger partial charge in [-0.2, -0.15) is 0 Å². The molecule has 86 valence electrons. The van der Waals surface area contributed by atoms with Crippen LogP contribution in [0, 0.1) is 11.8 Å². The lowest BCUT2D eigenvalue weighted by Crippen LogP contribution is -2.26. The van der Waals surface area contributed by atoms with Crippen molar-refractivity contribution in [3.63, 3.8) is 0 Å². The van der Waals surface area contributed by atoms with Crippen molar-refractivity contribution in [1.82, 2.24) is 0 Å². The van der Waals surface area contributed by atoms with Crippen LogP contribution in [-0.4, -0.2) is 28.6 Å². The summed E-state index contributed by atoms with van der Waals surface area (Å²) in [7, 11) is 0. The monoisotopic (exact) mass is 214 g/mol. The van der Waals surface area contributed by atoms with Crippen LogP contribution in [0.2, 0.25) is 0 Å². The van der Waals surface area contributed by atoms with E-state index in [1.54, 1.807) is 0 Å². The van der Waals surface area contributed by atoms with E-state index in [4.69, 9.17) is 5.11 Å². The van der Waals surface area contributed by atoms with E-state index in [0.717, 1.165) is 12.8 Å². The van der Waals surface area contributed by atoms with Crippen molar-refractivity contribution in [2.45, 2.75) is 45.1 Å². The van der Waals surface area contributed by atoms with Gasteiger partial charge in [-0.15, -0.1) is 0 Å². The number of rotatable bonds is 5. The molecule has 2 N–H and O–H groups in total. The molecule has 0 aromatic carbocycles. The molecule has 0 aromatic rings. The Kier molecular flexibility index (Phi) is 6.56. The predicted octanol–water partition coefficient (Wildman–Crippen LogP) is 2.02. The van der Waals surface area contributed by atoms with Gasteiger partial charge in [0.15, 0.2) is 6.61 Å². The van der Waals surface area contributed by atoms with Crippen molar-refractivity contribution in [3.8, 4) is 11.8 Å². The van der Waals surface area contributed by atoms with Gasteiger partial charge in [0.05, 0.1) is 0 Å². The zero-order chi connectivity index (χ0) is 11.7. The van der Waals surface area contributed by atoms with Crippen LogP contribution in [0.25, 0.3) is 0 Å². The van der Waals surface area contributed by atoms with Gasteiger partial charge in [0.2, 0.25) is 0 Å². The minimum absolute atomic E-state index is 0.189. The van der Waals surface area contributed by atoms with Crippen molar-refractivity contribution in [3.05, 3.63) is 0 Å². The first-order chi connectivity index (χ1) is 7.04. The smallest absolute Gasteiger partial charge is 0.450 e. The Morgan fingerprint density at radius 2 is 1.87 bits per heavy atom. The summed E-state index contributed by atoms with van der Waals surface area (Å²) in [4.78, 5) is 10.0. The van der Waals surface area contributed by atoms with Gasteiger partial charge in [-0.05, 0) is 12.8 Å². The Balaban J connectivity index is 4.19. The molecule has 15 heavy (non-hydrogen) atoms. The summed E-state index contributed by atoms with van der Waals surface area (Å²) in [5.74, 6) is 5.19. The van der Waals surface area contributed by atoms with Crippen LogP contribution in [0.1, 0.15) is 39.5 Å². The molecule has 0 saturated heterocycles. The quantitative estimate of drug-likeness (QED) is 0.542. The highest BCUT2D eigenvalue weighted by Crippen LogP contribution is 2.17. The molecule has 0 bridgehead atoms. The largest absolute Gasteiger partial charge is 0.506 e. The molecule has 0 rings (SSSR count). The third kappa shape index (κ3) is 6.81. The van der Waals surface area contributed by atoms with Crippen LogP contribution < -0.4 is 0 Å². The van der Waals surface area contributed by atoms with Gasteiger partial charge in [-0.25, -0.2) is 4.79 Å². The maximum Gasteiger partial charge on any atom is 0.506 e. The van der Waals surface area contributed by atoms with E-state index in [-0.39, 0.29) is 6.61 Å². The lowest BCUT2D eigenvalue weighted by Gasteiger charge is -2.20. The van der Waals surface area contributed by atoms with Crippen LogP contribution in [0.3, 0.4) is 0 Å². The van der Waals surface area contributed by atoms with Crippen molar-refractivity contribution in [2.75, 3.05) is 6.61 Å². The first kappa shape index (κ1) is 13.8. The second kappa shape index (κ2) is 7.13. The molecule has 0 radical (unpaired) electrons. The molecule has 0 atom stereocenters. The van der Waals surface area contributed by atoms with Crippen molar-refractivity contribution < 1.29 is 19.7 Å². The molecular weight excluding hydrogens is 196 g/mol. The van der Waals surface area contributed by atoms with Crippen LogP contribution in [-0.2, 0) is 4.74 Å². The fraction of sp³-hybridized carbons (Fsp3) is 0.727. The normalized spacial score (nSPS) is 10.3. The van der Waals surface area contributed by atoms with E-state index in [9.17, 15) is 9.90 Å². The molecule has 4 nitrogen and oxygen atoms in total. The molecule has 0 unspecified atom stereocenters. The lowest BCUT2D eigenvalue weighted by molar-refractivity contribution is 0.0795. The molecule has 0 saturated carbocycles. The molecule has 0 amide bonds. The zero-order valence-electron chi connectivity index (χ0n) is 9.25. The van der Waals surface area contributed by atoms with Gasteiger partial charge in [0, 0.05) is 0 Å². The molecule has 0 aromatic heterocycles. The fourth-order valence-electron chi connectivity index (χ4n) is 1.38. The Morgan fingerprint density at radius 1 is 1.33 bits per heavy atom. The molecule has 0 aliphatic heterocycles. The molecule has 4 heteroatoms. The average molecular weight is 214 g/mol. The standard InChI is InChI=1S/C11H18O4/c1-3-6-11(14,7-4-2)8-5-9-15-10(12)13/h14H,3-4,6-7,9H2,1-2H3,(H,12,13). The third-order valence-electron chi connectivity index (χ3n) is 1.92. The van der Waals surface area contributed by atoms with E-state index in [2.05, 4.69) is 16.6 Å². The first-order valence-corrected chi connectivity index (χ1v) is 5.12. The Morgan fingerprint density at radius 3 is 2.27 bits per heavy atom. The van der Waals surface area contributed by atoms with Gasteiger partial charge < -0.3 is 14.9 Å². The number of hydrogen-bond acceptors (Lipinski definition) is 3.